The molecule has 1 fully saturated rings. The van der Waals surface area contributed by atoms with E-state index < -0.39 is 29.0 Å². The smallest absolute Gasteiger partial charge is 0.305 e. The molecule has 1 aliphatic carbocycles. The molecule has 0 saturated carbocycles. The fraction of sp³-hybridized carbons (Fsp3) is 0.421. The van der Waals surface area contributed by atoms with Crippen molar-refractivity contribution in [2.75, 3.05) is 13.2 Å². The average molecular weight is 391 g/mol. The molecule has 2 N–H and O–H groups in total. The van der Waals surface area contributed by atoms with Gasteiger partial charge < -0.3 is 15.2 Å². The van der Waals surface area contributed by atoms with Crippen molar-refractivity contribution < 1.29 is 28.2 Å². The summed E-state index contributed by atoms with van der Waals surface area (Å²) < 4.78 is 34.5. The number of hydrogen-bond donors (Lipinski definition) is 2. The summed E-state index contributed by atoms with van der Waals surface area (Å²) in [5.41, 5.74) is 0.423. The van der Waals surface area contributed by atoms with Crippen molar-refractivity contribution in [1.82, 2.24) is 15.1 Å². The molecule has 28 heavy (non-hydrogen) atoms. The minimum absolute atomic E-state index is 0.0540. The minimum atomic E-state index is -1.04. The highest BCUT2D eigenvalue weighted by Crippen LogP contribution is 2.30. The van der Waals surface area contributed by atoms with E-state index in [4.69, 9.17) is 4.74 Å². The zero-order valence-corrected chi connectivity index (χ0v) is 15.0. The molecule has 9 heteroatoms. The van der Waals surface area contributed by atoms with Crippen LogP contribution in [0.1, 0.15) is 41.0 Å². The van der Waals surface area contributed by atoms with E-state index in [-0.39, 0.29) is 24.4 Å². The summed E-state index contributed by atoms with van der Waals surface area (Å²) >= 11 is 0. The first-order valence-corrected chi connectivity index (χ1v) is 9.07. The van der Waals surface area contributed by atoms with Crippen LogP contribution in [-0.4, -0.2) is 45.5 Å². The lowest BCUT2D eigenvalue weighted by Gasteiger charge is -2.26. The van der Waals surface area contributed by atoms with Crippen LogP contribution >= 0.6 is 0 Å². The number of benzene rings is 1. The van der Waals surface area contributed by atoms with Crippen molar-refractivity contribution in [1.29, 1.82) is 0 Å². The van der Waals surface area contributed by atoms with E-state index in [1.54, 1.807) is 0 Å². The van der Waals surface area contributed by atoms with Crippen molar-refractivity contribution in [2.45, 2.75) is 37.6 Å². The normalized spacial score (nSPS) is 20.9. The summed E-state index contributed by atoms with van der Waals surface area (Å²) in [6.45, 7) is 0.459. The molecule has 7 nitrogen and oxygen atoms in total. The summed E-state index contributed by atoms with van der Waals surface area (Å²) in [5.74, 6) is -3.59. The Morgan fingerprint density at radius 1 is 1.32 bits per heavy atom. The summed E-state index contributed by atoms with van der Waals surface area (Å²) in [5, 5.41) is 16.2. The largest absolute Gasteiger partial charge is 0.481 e. The summed E-state index contributed by atoms with van der Waals surface area (Å²) in [6, 6.07) is 3.81. The van der Waals surface area contributed by atoms with Gasteiger partial charge >= 0.3 is 5.97 Å². The number of fused-ring (bicyclic) bond motifs is 1. The number of amides is 1. The lowest BCUT2D eigenvalue weighted by molar-refractivity contribution is -0.138. The highest BCUT2D eigenvalue weighted by molar-refractivity contribution is 5.95. The van der Waals surface area contributed by atoms with Gasteiger partial charge in [0.15, 0.2) is 17.3 Å². The van der Waals surface area contributed by atoms with Crippen LogP contribution in [0.3, 0.4) is 0 Å². The third-order valence-corrected chi connectivity index (χ3v) is 5.28. The Labute approximate surface area is 159 Å². The van der Waals surface area contributed by atoms with Gasteiger partial charge in [0.2, 0.25) is 0 Å². The molecule has 1 atom stereocenters. The molecule has 1 aromatic heterocycles. The van der Waals surface area contributed by atoms with E-state index in [0.29, 0.717) is 37.1 Å². The van der Waals surface area contributed by atoms with Crippen molar-refractivity contribution in [3.63, 3.8) is 0 Å². The van der Waals surface area contributed by atoms with E-state index in [2.05, 4.69) is 10.4 Å². The van der Waals surface area contributed by atoms with Crippen LogP contribution in [0, 0.1) is 11.6 Å². The molecule has 2 heterocycles. The fourth-order valence-corrected chi connectivity index (χ4v) is 3.95. The zero-order valence-electron chi connectivity index (χ0n) is 15.0. The van der Waals surface area contributed by atoms with E-state index in [1.807, 2.05) is 0 Å². The van der Waals surface area contributed by atoms with Crippen molar-refractivity contribution in [3.8, 4) is 5.69 Å². The highest BCUT2D eigenvalue weighted by Gasteiger charge is 2.40. The number of nitrogens with one attached hydrogen (secondary N) is 1. The molecule has 4 rings (SSSR count). The third-order valence-electron chi connectivity index (χ3n) is 5.28. The van der Waals surface area contributed by atoms with Crippen LogP contribution in [0.25, 0.3) is 5.69 Å². The minimum Gasteiger partial charge on any atom is -0.481 e. The standard InChI is InChI=1S/C19H19F2N3O4/c20-12-4-2-6-14(16(12)21)24-13-5-1-3-11(13)17(23-24)18(27)22-19(9-15(25)26)7-8-28-10-19/h2,4,6H,1,3,5,7-10H2,(H,22,27)(H,25,26). The second kappa shape index (κ2) is 6.97. The van der Waals surface area contributed by atoms with Gasteiger partial charge in [-0.2, -0.15) is 5.10 Å². The van der Waals surface area contributed by atoms with Crippen molar-refractivity contribution >= 4 is 11.9 Å². The molecule has 0 bridgehead atoms. The van der Waals surface area contributed by atoms with Gasteiger partial charge in [-0.1, -0.05) is 6.07 Å². The molecule has 0 radical (unpaired) electrons. The summed E-state index contributed by atoms with van der Waals surface area (Å²) in [7, 11) is 0. The third kappa shape index (κ3) is 3.15. The van der Waals surface area contributed by atoms with E-state index >= 15 is 0 Å². The molecule has 1 amide bonds. The number of hydrogen-bond acceptors (Lipinski definition) is 4. The van der Waals surface area contributed by atoms with Gasteiger partial charge in [0, 0.05) is 17.9 Å². The maximum absolute atomic E-state index is 14.3. The van der Waals surface area contributed by atoms with Gasteiger partial charge in [0.25, 0.3) is 5.91 Å². The molecule has 1 unspecified atom stereocenters. The van der Waals surface area contributed by atoms with E-state index in [1.165, 1.54) is 16.8 Å². The Morgan fingerprint density at radius 3 is 2.86 bits per heavy atom. The summed E-state index contributed by atoms with van der Waals surface area (Å²) in [6.07, 6.45) is 2.08. The number of aromatic nitrogens is 2. The van der Waals surface area contributed by atoms with E-state index in [9.17, 15) is 23.5 Å². The summed E-state index contributed by atoms with van der Waals surface area (Å²) in [4.78, 5) is 24.2. The Bertz CT molecular complexity index is 951. The number of carbonyl (C=O) groups excluding carboxylic acids is 1. The molecule has 1 aromatic carbocycles. The lowest BCUT2D eigenvalue weighted by atomic mass is 9.94. The van der Waals surface area contributed by atoms with Crippen LogP contribution in [0.5, 0.6) is 0 Å². The monoisotopic (exact) mass is 391 g/mol. The van der Waals surface area contributed by atoms with Gasteiger partial charge in [0.05, 0.1) is 18.6 Å². The number of ether oxygens (including phenoxy) is 1. The number of halogens is 2. The molecule has 148 valence electrons. The number of nitrogens with zero attached hydrogens (tertiary/aromatic N) is 2. The average Bonchev–Trinajstić information content (AvgIpc) is 3.33. The molecular formula is C19H19F2N3O4. The van der Waals surface area contributed by atoms with Gasteiger partial charge in [-0.15, -0.1) is 0 Å². The molecule has 2 aromatic rings. The molecule has 2 aliphatic rings. The van der Waals surface area contributed by atoms with Crippen LogP contribution in [-0.2, 0) is 22.4 Å². The number of carboxylic acid groups (broad SMARTS) is 1. The second-order valence-corrected chi connectivity index (χ2v) is 7.22. The first-order chi connectivity index (χ1) is 13.4. The van der Waals surface area contributed by atoms with Crippen LogP contribution in [0.4, 0.5) is 8.78 Å². The number of aliphatic carboxylic acids is 1. The lowest BCUT2D eigenvalue weighted by Crippen LogP contribution is -2.50. The maximum Gasteiger partial charge on any atom is 0.305 e. The fourth-order valence-electron chi connectivity index (χ4n) is 3.95. The highest BCUT2D eigenvalue weighted by atomic mass is 19.2. The van der Waals surface area contributed by atoms with Gasteiger partial charge in [-0.3, -0.25) is 9.59 Å². The van der Waals surface area contributed by atoms with Crippen molar-refractivity contribution in [2.24, 2.45) is 0 Å². The Kier molecular flexibility index (Phi) is 4.62. The Hall–Kier alpha value is -2.81. The molecule has 0 spiro atoms. The number of carboxylic acids is 1. The first-order valence-electron chi connectivity index (χ1n) is 9.07. The quantitative estimate of drug-likeness (QED) is 0.813. The SMILES string of the molecule is O=C(O)CC1(NC(=O)c2nn(-c3cccc(F)c3F)c3c2CCC3)CCOC1. The topological polar surface area (TPSA) is 93.5 Å². The van der Waals surface area contributed by atoms with Crippen LogP contribution in [0.2, 0.25) is 0 Å². The van der Waals surface area contributed by atoms with Gasteiger partial charge in [-0.25, -0.2) is 13.5 Å². The predicted molar refractivity (Wildman–Crippen MR) is 93.4 cm³/mol. The second-order valence-electron chi connectivity index (χ2n) is 7.22. The number of carbonyl (C=O) groups is 2. The van der Waals surface area contributed by atoms with Crippen molar-refractivity contribution in [3.05, 3.63) is 46.8 Å². The molecule has 1 saturated heterocycles. The number of rotatable bonds is 5. The van der Waals surface area contributed by atoms with E-state index in [0.717, 1.165) is 12.5 Å². The van der Waals surface area contributed by atoms with Gasteiger partial charge in [-0.05, 0) is 37.8 Å². The first kappa shape index (κ1) is 18.5. The molecule has 1 aliphatic heterocycles. The van der Waals surface area contributed by atoms with Crippen LogP contribution in [0.15, 0.2) is 18.2 Å². The molecular weight excluding hydrogens is 372 g/mol. The Balaban J connectivity index is 1.70. The van der Waals surface area contributed by atoms with Crippen LogP contribution < -0.4 is 5.32 Å². The predicted octanol–water partition coefficient (Wildman–Crippen LogP) is 2.00. The van der Waals surface area contributed by atoms with Gasteiger partial charge in [0.1, 0.15) is 5.69 Å². The zero-order chi connectivity index (χ0) is 19.9. The Morgan fingerprint density at radius 2 is 2.14 bits per heavy atom. The maximum atomic E-state index is 14.3.